The molecule has 1 saturated heterocycles. The lowest BCUT2D eigenvalue weighted by atomic mass is 10.1. The number of piperidine rings is 1. The molecule has 1 fully saturated rings. The van der Waals surface area contributed by atoms with Gasteiger partial charge in [0.05, 0.1) is 25.2 Å². The molecular formula is C25H34N2O6S. The molecule has 0 aliphatic carbocycles. The van der Waals surface area contributed by atoms with E-state index in [0.717, 1.165) is 12.8 Å². The fourth-order valence-electron chi connectivity index (χ4n) is 3.77. The van der Waals surface area contributed by atoms with Gasteiger partial charge in [0.25, 0.3) is 5.91 Å². The van der Waals surface area contributed by atoms with Gasteiger partial charge in [-0.2, -0.15) is 4.31 Å². The van der Waals surface area contributed by atoms with E-state index >= 15 is 0 Å². The van der Waals surface area contributed by atoms with Crippen molar-refractivity contribution < 1.29 is 27.4 Å². The minimum Gasteiger partial charge on any atom is -0.497 e. The summed E-state index contributed by atoms with van der Waals surface area (Å²) in [6.45, 7) is 5.73. The van der Waals surface area contributed by atoms with E-state index in [0.29, 0.717) is 62.0 Å². The number of unbranched alkanes of at least 4 members (excludes halogenated alkanes) is 1. The highest BCUT2D eigenvalue weighted by Gasteiger charge is 2.30. The van der Waals surface area contributed by atoms with E-state index in [1.807, 2.05) is 6.92 Å². The maximum Gasteiger partial charge on any atom is 0.251 e. The van der Waals surface area contributed by atoms with E-state index < -0.39 is 10.0 Å². The Labute approximate surface area is 202 Å². The molecule has 0 aromatic heterocycles. The number of benzene rings is 2. The second-order valence-corrected chi connectivity index (χ2v) is 10.1. The molecule has 0 bridgehead atoms. The molecule has 1 amide bonds. The first-order valence-electron chi connectivity index (χ1n) is 11.7. The van der Waals surface area contributed by atoms with Crippen molar-refractivity contribution in [2.24, 2.45) is 0 Å². The Kier molecular flexibility index (Phi) is 9.18. The number of amides is 1. The second kappa shape index (κ2) is 12.1. The molecule has 1 aliphatic heterocycles. The average Bonchev–Trinajstić information content (AvgIpc) is 2.85. The van der Waals surface area contributed by atoms with Crippen molar-refractivity contribution in [3.63, 3.8) is 0 Å². The minimum absolute atomic E-state index is 0.106. The molecule has 0 saturated carbocycles. The number of hydrogen-bond acceptors (Lipinski definition) is 6. The van der Waals surface area contributed by atoms with Crippen LogP contribution in [0.4, 0.5) is 0 Å². The monoisotopic (exact) mass is 490 g/mol. The molecule has 1 heterocycles. The second-order valence-electron chi connectivity index (χ2n) is 8.12. The molecule has 3 rings (SSSR count). The van der Waals surface area contributed by atoms with Crippen LogP contribution in [0.5, 0.6) is 17.2 Å². The SMILES string of the molecule is CCCCOc1ccc(C(=O)NC2CCN(S(=O)(=O)c3ccc(OC)cc3)CC2)cc1OCC. The number of hydrogen-bond donors (Lipinski definition) is 1. The Bertz CT molecular complexity index is 1050. The normalized spacial score (nSPS) is 15.0. The van der Waals surface area contributed by atoms with Gasteiger partial charge in [0.2, 0.25) is 10.0 Å². The molecule has 1 N–H and O–H groups in total. The van der Waals surface area contributed by atoms with Crippen LogP contribution < -0.4 is 19.5 Å². The van der Waals surface area contributed by atoms with Crippen molar-refractivity contribution in [2.75, 3.05) is 33.4 Å². The predicted octanol–water partition coefficient (Wildman–Crippen LogP) is 3.86. The van der Waals surface area contributed by atoms with E-state index in [4.69, 9.17) is 14.2 Å². The number of sulfonamides is 1. The lowest BCUT2D eigenvalue weighted by Crippen LogP contribution is -2.46. The molecule has 34 heavy (non-hydrogen) atoms. The van der Waals surface area contributed by atoms with Crippen LogP contribution in [-0.4, -0.2) is 58.1 Å². The maximum atomic E-state index is 12.9. The third-order valence-corrected chi connectivity index (χ3v) is 7.66. The van der Waals surface area contributed by atoms with Crippen molar-refractivity contribution in [1.82, 2.24) is 9.62 Å². The lowest BCUT2D eigenvalue weighted by molar-refractivity contribution is 0.0923. The lowest BCUT2D eigenvalue weighted by Gasteiger charge is -2.31. The van der Waals surface area contributed by atoms with Gasteiger partial charge in [0, 0.05) is 24.7 Å². The van der Waals surface area contributed by atoms with E-state index in [1.165, 1.54) is 11.4 Å². The fraction of sp³-hybridized carbons (Fsp3) is 0.480. The summed E-state index contributed by atoms with van der Waals surface area (Å²) in [5.74, 6) is 1.57. The third kappa shape index (κ3) is 6.42. The highest BCUT2D eigenvalue weighted by atomic mass is 32.2. The van der Waals surface area contributed by atoms with Crippen LogP contribution in [0.1, 0.15) is 49.9 Å². The van der Waals surface area contributed by atoms with Crippen molar-refractivity contribution in [2.45, 2.75) is 50.5 Å². The number of ether oxygens (including phenoxy) is 3. The highest BCUT2D eigenvalue weighted by Crippen LogP contribution is 2.29. The molecule has 2 aromatic rings. The zero-order valence-electron chi connectivity index (χ0n) is 20.1. The van der Waals surface area contributed by atoms with Crippen LogP contribution in [0.15, 0.2) is 47.4 Å². The van der Waals surface area contributed by atoms with Gasteiger partial charge in [-0.3, -0.25) is 4.79 Å². The number of nitrogens with zero attached hydrogens (tertiary/aromatic N) is 1. The summed E-state index contributed by atoms with van der Waals surface area (Å²) >= 11 is 0. The van der Waals surface area contributed by atoms with Crippen LogP contribution in [0.3, 0.4) is 0 Å². The predicted molar refractivity (Wildman–Crippen MR) is 130 cm³/mol. The number of methoxy groups -OCH3 is 1. The Hall–Kier alpha value is -2.78. The van der Waals surface area contributed by atoms with Gasteiger partial charge in [-0.25, -0.2) is 8.42 Å². The van der Waals surface area contributed by atoms with Gasteiger partial charge < -0.3 is 19.5 Å². The molecule has 9 heteroatoms. The number of rotatable bonds is 11. The maximum absolute atomic E-state index is 12.9. The standard InChI is InChI=1S/C25H34N2O6S/c1-4-6-17-33-23-12-7-19(18-24(23)32-5-2)25(28)26-20-13-15-27(16-14-20)34(29,30)22-10-8-21(31-3)9-11-22/h7-12,18,20H,4-6,13-17H2,1-3H3,(H,26,28). The first-order valence-corrected chi connectivity index (χ1v) is 13.2. The Balaban J connectivity index is 1.59. The van der Waals surface area contributed by atoms with Crippen molar-refractivity contribution in [1.29, 1.82) is 0 Å². The summed E-state index contributed by atoms with van der Waals surface area (Å²) in [6.07, 6.45) is 3.06. The van der Waals surface area contributed by atoms with Crippen molar-refractivity contribution in [3.8, 4) is 17.2 Å². The Morgan fingerprint density at radius 3 is 2.35 bits per heavy atom. The molecule has 8 nitrogen and oxygen atoms in total. The van der Waals surface area contributed by atoms with Crippen LogP contribution >= 0.6 is 0 Å². The van der Waals surface area contributed by atoms with Gasteiger partial charge in [-0.05, 0) is 68.7 Å². The van der Waals surface area contributed by atoms with Crippen LogP contribution in [-0.2, 0) is 10.0 Å². The summed E-state index contributed by atoms with van der Waals surface area (Å²) in [7, 11) is -2.05. The molecule has 0 spiro atoms. The number of carbonyl (C=O) groups excluding carboxylic acids is 1. The first-order chi connectivity index (χ1) is 16.4. The summed E-state index contributed by atoms with van der Waals surface area (Å²) < 4.78 is 43.9. The smallest absolute Gasteiger partial charge is 0.251 e. The van der Waals surface area contributed by atoms with Gasteiger partial charge in [-0.1, -0.05) is 13.3 Å². The van der Waals surface area contributed by atoms with E-state index in [9.17, 15) is 13.2 Å². The van der Waals surface area contributed by atoms with E-state index in [1.54, 1.807) is 42.5 Å². The van der Waals surface area contributed by atoms with Crippen LogP contribution in [0.2, 0.25) is 0 Å². The Morgan fingerprint density at radius 2 is 1.74 bits per heavy atom. The van der Waals surface area contributed by atoms with Crippen LogP contribution in [0.25, 0.3) is 0 Å². The van der Waals surface area contributed by atoms with Gasteiger partial charge in [-0.15, -0.1) is 0 Å². The topological polar surface area (TPSA) is 94.2 Å². The zero-order chi connectivity index (χ0) is 24.6. The first kappa shape index (κ1) is 25.8. The summed E-state index contributed by atoms with van der Waals surface area (Å²) in [5, 5.41) is 3.03. The highest BCUT2D eigenvalue weighted by molar-refractivity contribution is 7.89. The molecule has 0 radical (unpaired) electrons. The zero-order valence-corrected chi connectivity index (χ0v) is 20.9. The van der Waals surface area contributed by atoms with Gasteiger partial charge in [0.1, 0.15) is 5.75 Å². The fourth-order valence-corrected chi connectivity index (χ4v) is 5.24. The summed E-state index contributed by atoms with van der Waals surface area (Å²) in [5.41, 5.74) is 0.486. The molecule has 0 unspecified atom stereocenters. The Morgan fingerprint density at radius 1 is 1.03 bits per heavy atom. The molecule has 2 aromatic carbocycles. The van der Waals surface area contributed by atoms with Crippen molar-refractivity contribution in [3.05, 3.63) is 48.0 Å². The molecule has 186 valence electrons. The largest absolute Gasteiger partial charge is 0.497 e. The van der Waals surface area contributed by atoms with Gasteiger partial charge in [0.15, 0.2) is 11.5 Å². The average molecular weight is 491 g/mol. The third-order valence-electron chi connectivity index (χ3n) is 5.75. The molecular weight excluding hydrogens is 456 g/mol. The number of nitrogens with one attached hydrogen (secondary N) is 1. The summed E-state index contributed by atoms with van der Waals surface area (Å²) in [6, 6.07) is 11.4. The van der Waals surface area contributed by atoms with Crippen molar-refractivity contribution >= 4 is 15.9 Å². The quantitative estimate of drug-likeness (QED) is 0.481. The van der Waals surface area contributed by atoms with Crippen LogP contribution in [0, 0.1) is 0 Å². The molecule has 1 aliphatic rings. The van der Waals surface area contributed by atoms with E-state index in [2.05, 4.69) is 12.2 Å². The van der Waals surface area contributed by atoms with Gasteiger partial charge >= 0.3 is 0 Å². The minimum atomic E-state index is -3.58. The number of carbonyl (C=O) groups is 1. The summed E-state index contributed by atoms with van der Waals surface area (Å²) in [4.78, 5) is 13.1. The van der Waals surface area contributed by atoms with E-state index in [-0.39, 0.29) is 16.8 Å². The molecule has 0 atom stereocenters.